The van der Waals surface area contributed by atoms with E-state index in [9.17, 15) is 0 Å². The summed E-state index contributed by atoms with van der Waals surface area (Å²) in [6.45, 7) is 4.73. The first-order valence-corrected chi connectivity index (χ1v) is 4.74. The average molecular weight is 177 g/mol. The molecule has 1 heterocycles. The van der Waals surface area contributed by atoms with Crippen LogP contribution in [0.3, 0.4) is 0 Å². The summed E-state index contributed by atoms with van der Waals surface area (Å²) in [7, 11) is 0. The largest absolute Gasteiger partial charge is 0.378 e. The minimum atomic E-state index is 0.384. The lowest BCUT2D eigenvalue weighted by atomic mass is 10.0. The third kappa shape index (κ3) is 1.90. The van der Waals surface area contributed by atoms with Crippen LogP contribution in [0.4, 0.5) is 0 Å². The molecule has 1 aliphatic heterocycles. The molecule has 0 spiro atoms. The van der Waals surface area contributed by atoms with Gasteiger partial charge >= 0.3 is 0 Å². The molecule has 1 aliphatic rings. The standard InChI is InChI=1S/C11H15NO/c1-9-4-2-3-5-10(9)11-8-13-7-6-12-11/h2-5,11-12H,6-8H2,1H3/t11-/m1/s1. The van der Waals surface area contributed by atoms with Crippen molar-refractivity contribution in [2.75, 3.05) is 19.8 Å². The van der Waals surface area contributed by atoms with Crippen LogP contribution in [0.1, 0.15) is 17.2 Å². The van der Waals surface area contributed by atoms with Crippen molar-refractivity contribution in [3.63, 3.8) is 0 Å². The third-order valence-corrected chi connectivity index (χ3v) is 2.49. The highest BCUT2D eigenvalue weighted by molar-refractivity contribution is 5.28. The van der Waals surface area contributed by atoms with Gasteiger partial charge in [-0.1, -0.05) is 24.3 Å². The lowest BCUT2D eigenvalue weighted by molar-refractivity contribution is 0.0767. The fourth-order valence-electron chi connectivity index (χ4n) is 1.74. The van der Waals surface area contributed by atoms with Gasteiger partial charge in [-0.3, -0.25) is 0 Å². The summed E-state index contributed by atoms with van der Waals surface area (Å²) in [5.41, 5.74) is 2.70. The van der Waals surface area contributed by atoms with Crippen molar-refractivity contribution in [1.82, 2.24) is 5.32 Å². The molecule has 1 aromatic carbocycles. The zero-order valence-corrected chi connectivity index (χ0v) is 7.92. The van der Waals surface area contributed by atoms with Crippen molar-refractivity contribution in [2.45, 2.75) is 13.0 Å². The number of hydrogen-bond acceptors (Lipinski definition) is 2. The monoisotopic (exact) mass is 177 g/mol. The van der Waals surface area contributed by atoms with Crippen LogP contribution in [-0.4, -0.2) is 19.8 Å². The Labute approximate surface area is 78.9 Å². The summed E-state index contributed by atoms with van der Waals surface area (Å²) in [5.74, 6) is 0. The normalized spacial score (nSPS) is 23.0. The van der Waals surface area contributed by atoms with Gasteiger partial charge in [-0.15, -0.1) is 0 Å². The molecule has 0 radical (unpaired) electrons. The second-order valence-corrected chi connectivity index (χ2v) is 3.44. The summed E-state index contributed by atoms with van der Waals surface area (Å²) in [4.78, 5) is 0. The van der Waals surface area contributed by atoms with Gasteiger partial charge in [0.25, 0.3) is 0 Å². The second-order valence-electron chi connectivity index (χ2n) is 3.44. The highest BCUT2D eigenvalue weighted by atomic mass is 16.5. The van der Waals surface area contributed by atoms with Gasteiger partial charge in [0.1, 0.15) is 0 Å². The molecule has 0 aliphatic carbocycles. The van der Waals surface area contributed by atoms with E-state index in [1.165, 1.54) is 11.1 Å². The predicted molar refractivity (Wildman–Crippen MR) is 52.7 cm³/mol. The number of nitrogens with one attached hydrogen (secondary N) is 1. The molecule has 2 rings (SSSR count). The maximum absolute atomic E-state index is 5.43. The Morgan fingerprint density at radius 3 is 2.92 bits per heavy atom. The molecule has 2 heteroatoms. The molecule has 0 saturated carbocycles. The van der Waals surface area contributed by atoms with Crippen LogP contribution in [0.2, 0.25) is 0 Å². The Morgan fingerprint density at radius 2 is 2.23 bits per heavy atom. The van der Waals surface area contributed by atoms with Crippen LogP contribution in [0.5, 0.6) is 0 Å². The Bertz CT molecular complexity index is 279. The molecule has 2 nitrogen and oxygen atoms in total. The van der Waals surface area contributed by atoms with Gasteiger partial charge in [-0.05, 0) is 18.1 Å². The smallest absolute Gasteiger partial charge is 0.0662 e. The van der Waals surface area contributed by atoms with Gasteiger partial charge in [0.2, 0.25) is 0 Å². The minimum absolute atomic E-state index is 0.384. The average Bonchev–Trinajstić information content (AvgIpc) is 2.20. The lowest BCUT2D eigenvalue weighted by Gasteiger charge is -2.25. The molecule has 70 valence electrons. The van der Waals surface area contributed by atoms with E-state index in [1.807, 2.05) is 0 Å². The first-order chi connectivity index (χ1) is 6.38. The van der Waals surface area contributed by atoms with Crippen molar-refractivity contribution in [3.8, 4) is 0 Å². The minimum Gasteiger partial charge on any atom is -0.378 e. The Balaban J connectivity index is 2.18. The van der Waals surface area contributed by atoms with Gasteiger partial charge in [0.15, 0.2) is 0 Å². The molecule has 1 aromatic rings. The zero-order chi connectivity index (χ0) is 9.10. The van der Waals surface area contributed by atoms with Gasteiger partial charge in [0, 0.05) is 6.54 Å². The van der Waals surface area contributed by atoms with Crippen LogP contribution in [-0.2, 0) is 4.74 Å². The summed E-state index contributed by atoms with van der Waals surface area (Å²) in [6, 6.07) is 8.85. The number of aryl methyl sites for hydroxylation is 1. The van der Waals surface area contributed by atoms with E-state index in [2.05, 4.69) is 36.5 Å². The van der Waals surface area contributed by atoms with Crippen molar-refractivity contribution < 1.29 is 4.74 Å². The van der Waals surface area contributed by atoms with Gasteiger partial charge in [0.05, 0.1) is 19.3 Å². The Morgan fingerprint density at radius 1 is 1.38 bits per heavy atom. The first-order valence-electron chi connectivity index (χ1n) is 4.74. The molecule has 13 heavy (non-hydrogen) atoms. The van der Waals surface area contributed by atoms with E-state index in [0.29, 0.717) is 6.04 Å². The molecule has 0 bridgehead atoms. The van der Waals surface area contributed by atoms with Crippen LogP contribution >= 0.6 is 0 Å². The molecule has 0 unspecified atom stereocenters. The summed E-state index contributed by atoms with van der Waals surface area (Å²) in [5, 5.41) is 3.45. The van der Waals surface area contributed by atoms with E-state index in [-0.39, 0.29) is 0 Å². The van der Waals surface area contributed by atoms with Crippen LogP contribution in [0.15, 0.2) is 24.3 Å². The van der Waals surface area contributed by atoms with Crippen LogP contribution in [0, 0.1) is 6.92 Å². The highest BCUT2D eigenvalue weighted by Crippen LogP contribution is 2.18. The van der Waals surface area contributed by atoms with E-state index < -0.39 is 0 Å². The van der Waals surface area contributed by atoms with Crippen LogP contribution in [0.25, 0.3) is 0 Å². The zero-order valence-electron chi connectivity index (χ0n) is 7.92. The molecular weight excluding hydrogens is 162 g/mol. The maximum Gasteiger partial charge on any atom is 0.0662 e. The summed E-state index contributed by atoms with van der Waals surface area (Å²) < 4.78 is 5.43. The fraction of sp³-hybridized carbons (Fsp3) is 0.455. The third-order valence-electron chi connectivity index (χ3n) is 2.49. The molecule has 1 N–H and O–H groups in total. The fourth-order valence-corrected chi connectivity index (χ4v) is 1.74. The number of ether oxygens (including phenoxy) is 1. The van der Waals surface area contributed by atoms with Gasteiger partial charge < -0.3 is 10.1 Å². The number of hydrogen-bond donors (Lipinski definition) is 1. The second kappa shape index (κ2) is 3.90. The highest BCUT2D eigenvalue weighted by Gasteiger charge is 2.15. The lowest BCUT2D eigenvalue weighted by Crippen LogP contribution is -2.34. The molecule has 0 aromatic heterocycles. The summed E-state index contributed by atoms with van der Waals surface area (Å²) >= 11 is 0. The molecule has 0 amide bonds. The van der Waals surface area contributed by atoms with E-state index in [1.54, 1.807) is 0 Å². The molecule has 1 atom stereocenters. The van der Waals surface area contributed by atoms with E-state index in [4.69, 9.17) is 4.74 Å². The van der Waals surface area contributed by atoms with Crippen LogP contribution < -0.4 is 5.32 Å². The maximum atomic E-state index is 5.43. The Hall–Kier alpha value is -0.860. The quantitative estimate of drug-likeness (QED) is 0.704. The van der Waals surface area contributed by atoms with E-state index >= 15 is 0 Å². The summed E-state index contributed by atoms with van der Waals surface area (Å²) in [6.07, 6.45) is 0. The van der Waals surface area contributed by atoms with Crippen molar-refractivity contribution in [2.24, 2.45) is 0 Å². The molecule has 1 saturated heterocycles. The molecule has 1 fully saturated rings. The number of rotatable bonds is 1. The molecular formula is C11H15NO. The van der Waals surface area contributed by atoms with Crippen molar-refractivity contribution in [1.29, 1.82) is 0 Å². The van der Waals surface area contributed by atoms with Gasteiger partial charge in [-0.25, -0.2) is 0 Å². The number of morpholine rings is 1. The topological polar surface area (TPSA) is 21.3 Å². The SMILES string of the molecule is Cc1ccccc1[C@H]1COCCN1. The number of benzene rings is 1. The van der Waals surface area contributed by atoms with Gasteiger partial charge in [-0.2, -0.15) is 0 Å². The van der Waals surface area contributed by atoms with Crippen molar-refractivity contribution in [3.05, 3.63) is 35.4 Å². The van der Waals surface area contributed by atoms with E-state index in [0.717, 1.165) is 19.8 Å². The first kappa shape index (κ1) is 8.73. The Kier molecular flexibility index (Phi) is 2.62. The predicted octanol–water partition coefficient (Wildman–Crippen LogP) is 1.66. The van der Waals surface area contributed by atoms with Crippen molar-refractivity contribution >= 4 is 0 Å².